The van der Waals surface area contributed by atoms with Crippen molar-refractivity contribution in [3.63, 3.8) is 0 Å². The highest BCUT2D eigenvalue weighted by Gasteiger charge is 2.46. The van der Waals surface area contributed by atoms with Gasteiger partial charge in [0.2, 0.25) is 5.91 Å². The molecule has 3 rings (SSSR count). The Bertz CT molecular complexity index is 1280. The quantitative estimate of drug-likeness (QED) is 0.0394. The second-order valence-electron chi connectivity index (χ2n) is 12.3. The summed E-state index contributed by atoms with van der Waals surface area (Å²) in [7, 11) is 3.10. The monoisotopic (exact) mass is 763 g/mol. The van der Waals surface area contributed by atoms with Crippen LogP contribution in [-0.2, 0) is 55.9 Å². The summed E-state index contributed by atoms with van der Waals surface area (Å²) in [6.07, 6.45) is -4.14. The van der Waals surface area contributed by atoms with Gasteiger partial charge in [0.1, 0.15) is 57.6 Å². The maximum absolute atomic E-state index is 12.3. The van der Waals surface area contributed by atoms with Gasteiger partial charge in [-0.1, -0.05) is 30.3 Å². The van der Waals surface area contributed by atoms with Crippen LogP contribution in [0.2, 0.25) is 0 Å². The number of rotatable bonds is 20. The molecular formula is C31H51BN3O14PS. The number of amides is 3. The molecule has 0 spiro atoms. The molecule has 7 N–H and O–H groups in total. The van der Waals surface area contributed by atoms with Crippen molar-refractivity contribution in [2.75, 3.05) is 40.0 Å². The van der Waals surface area contributed by atoms with Crippen molar-refractivity contribution in [2.45, 2.75) is 94.5 Å². The summed E-state index contributed by atoms with van der Waals surface area (Å²) in [5.41, 5.74) is 0.806. The lowest BCUT2D eigenvalue weighted by Gasteiger charge is -2.42. The molecule has 288 valence electrons. The van der Waals surface area contributed by atoms with Gasteiger partial charge in [-0.05, 0) is 49.5 Å². The van der Waals surface area contributed by atoms with Gasteiger partial charge in [0, 0.05) is 45.7 Å². The molecule has 17 nitrogen and oxygen atoms in total. The highest BCUT2D eigenvalue weighted by atomic mass is 32.5. The van der Waals surface area contributed by atoms with Crippen molar-refractivity contribution in [3.05, 3.63) is 35.9 Å². The third-order valence-electron chi connectivity index (χ3n) is 8.47. The minimum Gasteiger partial charge on any atom is -0.431 e. The summed E-state index contributed by atoms with van der Waals surface area (Å²) < 4.78 is 38.5. The summed E-state index contributed by atoms with van der Waals surface area (Å²) in [5, 5.41) is 38.0. The molecule has 1 aromatic rings. The highest BCUT2D eigenvalue weighted by Crippen LogP contribution is 2.48. The maximum atomic E-state index is 12.3. The lowest BCUT2D eigenvalue weighted by Crippen LogP contribution is -2.64. The number of ether oxygens (including phenoxy) is 5. The highest BCUT2D eigenvalue weighted by molar-refractivity contribution is 8.07. The fourth-order valence-corrected chi connectivity index (χ4v) is 6.79. The number of benzene rings is 1. The zero-order valence-corrected chi connectivity index (χ0v) is 30.8. The van der Waals surface area contributed by atoms with Crippen LogP contribution < -0.4 is 16.0 Å². The average molecular weight is 764 g/mol. The van der Waals surface area contributed by atoms with Crippen LogP contribution in [0.1, 0.15) is 44.6 Å². The van der Waals surface area contributed by atoms with E-state index in [1.54, 1.807) is 0 Å². The van der Waals surface area contributed by atoms with Crippen LogP contribution in [0.4, 0.5) is 9.59 Å². The summed E-state index contributed by atoms with van der Waals surface area (Å²) in [6.45, 7) is -1.99. The lowest BCUT2D eigenvalue weighted by molar-refractivity contribution is -0.270. The van der Waals surface area contributed by atoms with Gasteiger partial charge in [0.15, 0.2) is 6.29 Å². The molecule has 3 amide bonds. The number of nitrogens with one attached hydrogen (secondary N) is 3. The molecule has 2 saturated heterocycles. The molecule has 10 atom stereocenters. The molecule has 2 heterocycles. The molecule has 2 aliphatic heterocycles. The normalized spacial score (nSPS) is 28.7. The third-order valence-corrected chi connectivity index (χ3v) is 10.1. The van der Waals surface area contributed by atoms with Crippen LogP contribution >= 0.6 is 6.72 Å². The maximum Gasteiger partial charge on any atom is 0.508 e. The van der Waals surface area contributed by atoms with Crippen molar-refractivity contribution >= 4 is 44.5 Å². The largest absolute Gasteiger partial charge is 0.508 e. The minimum absolute atomic E-state index is 0.0477. The van der Waals surface area contributed by atoms with Gasteiger partial charge in [-0.2, -0.15) is 0 Å². The number of urea groups is 1. The molecule has 51 heavy (non-hydrogen) atoms. The zero-order chi connectivity index (χ0) is 37.4. The summed E-state index contributed by atoms with van der Waals surface area (Å²) in [5.74, 6) is -0.676. The molecule has 2 unspecified atom stereocenters. The van der Waals surface area contributed by atoms with Crippen LogP contribution in [0.15, 0.2) is 30.3 Å². The van der Waals surface area contributed by atoms with Crippen LogP contribution in [0.5, 0.6) is 0 Å². The molecule has 20 heteroatoms. The number of hydrogen-bond donors (Lipinski definition) is 7. The molecule has 0 aliphatic carbocycles. The first kappa shape index (κ1) is 43.0. The number of aliphatic hydroxyl groups excluding tert-OH is 3. The van der Waals surface area contributed by atoms with Crippen LogP contribution in [0, 0.1) is 5.92 Å². The number of carbonyl (C=O) groups excluding carboxylic acids is 3. The zero-order valence-electron chi connectivity index (χ0n) is 29.1. The van der Waals surface area contributed by atoms with Gasteiger partial charge in [-0.25, -0.2) is 9.59 Å². The minimum atomic E-state index is -3.58. The Balaban J connectivity index is 1.33. The molecule has 2 fully saturated rings. The van der Waals surface area contributed by atoms with E-state index in [9.17, 15) is 34.6 Å². The Morgan fingerprint density at radius 2 is 1.69 bits per heavy atom. The molecule has 0 aromatic heterocycles. The van der Waals surface area contributed by atoms with Gasteiger partial charge in [0.25, 0.3) is 0 Å². The predicted octanol–water partition coefficient (Wildman–Crippen LogP) is -0.228. The van der Waals surface area contributed by atoms with Crippen molar-refractivity contribution in [1.82, 2.24) is 16.0 Å². The van der Waals surface area contributed by atoms with Gasteiger partial charge in [0.05, 0.1) is 6.61 Å². The number of hydrogen-bond acceptors (Lipinski definition) is 14. The molecule has 1 aromatic carbocycles. The first-order valence-electron chi connectivity index (χ1n) is 16.9. The topological polar surface area (TPSA) is 233 Å². The van der Waals surface area contributed by atoms with Crippen LogP contribution in [-0.4, -0.2) is 135 Å². The SMILES string of the molecule is B[C@@H]1O[C@H](COC(=O)OCc2ccccc2)C(OP(O)(=S)OC)[C@@H]1CCCNC(=O)NCCCCCO[C@@H]1O[C@H](CO)[C@H](O)[C@H](O)[C@H]1NC(C)=O. The van der Waals surface area contributed by atoms with E-state index in [0.29, 0.717) is 45.2 Å². The lowest BCUT2D eigenvalue weighted by atomic mass is 9.82. The molecule has 0 radical (unpaired) electrons. The Morgan fingerprint density at radius 1 is 0.980 bits per heavy atom. The Morgan fingerprint density at radius 3 is 2.35 bits per heavy atom. The van der Waals surface area contributed by atoms with Crippen molar-refractivity contribution in [1.29, 1.82) is 0 Å². The van der Waals surface area contributed by atoms with Gasteiger partial charge in [-0.3, -0.25) is 4.79 Å². The molecule has 0 bridgehead atoms. The third kappa shape index (κ3) is 14.5. The van der Waals surface area contributed by atoms with Crippen molar-refractivity contribution in [2.24, 2.45) is 5.92 Å². The van der Waals surface area contributed by atoms with E-state index in [0.717, 1.165) is 5.56 Å². The van der Waals surface area contributed by atoms with Crippen LogP contribution in [0.25, 0.3) is 0 Å². The smallest absolute Gasteiger partial charge is 0.431 e. The number of aliphatic hydroxyl groups is 3. The van der Waals surface area contributed by atoms with E-state index in [1.807, 2.05) is 38.2 Å². The molecule has 0 saturated carbocycles. The van der Waals surface area contributed by atoms with E-state index >= 15 is 0 Å². The summed E-state index contributed by atoms with van der Waals surface area (Å²) >= 11 is 5.08. The summed E-state index contributed by atoms with van der Waals surface area (Å²) in [6, 6.07) is 7.49. The number of unbranched alkanes of at least 4 members (excludes halogenated alkanes) is 2. The summed E-state index contributed by atoms with van der Waals surface area (Å²) in [4.78, 5) is 46.5. The van der Waals surface area contributed by atoms with E-state index in [4.69, 9.17) is 44.5 Å². The predicted molar refractivity (Wildman–Crippen MR) is 187 cm³/mol. The molecule has 2 aliphatic rings. The second kappa shape index (κ2) is 22.0. The van der Waals surface area contributed by atoms with Crippen LogP contribution in [0.3, 0.4) is 0 Å². The van der Waals surface area contributed by atoms with E-state index in [1.165, 1.54) is 14.0 Å². The van der Waals surface area contributed by atoms with E-state index < -0.39 is 68.2 Å². The first-order chi connectivity index (χ1) is 24.3. The Kier molecular flexibility index (Phi) is 18.5. The van der Waals surface area contributed by atoms with Crippen molar-refractivity contribution in [3.8, 4) is 0 Å². The van der Waals surface area contributed by atoms with Gasteiger partial charge >= 0.3 is 18.9 Å². The molecular weight excluding hydrogens is 712 g/mol. The average Bonchev–Trinajstić information content (AvgIpc) is 3.39. The first-order valence-corrected chi connectivity index (χ1v) is 19.5. The standard InChI is InChI=1S/C31H51BN3O14PS/c1-19(37)35-24-26(39)25(38)22(16-36)48-29(24)44-15-8-4-7-13-33-30(40)34-14-9-12-21-27(49-50(42,51)43-2)23(47-28(21)32)18-46-31(41)45-17-20-10-5-3-6-11-20/h3,5-6,10-11,21-29,36,38-39H,4,7-9,12-18,32H2,1-2H3,(H,35,37)(H,42,51)(H2,33,34,40)/t21-,22+,23+,24+,25-,26+,27?,28+,29+,50?/m0/s1. The second-order valence-corrected chi connectivity index (χ2v) is 15.2. The Labute approximate surface area is 303 Å². The number of carbonyl (C=O) groups is 3. The van der Waals surface area contributed by atoms with Gasteiger partial charge < -0.3 is 68.9 Å². The van der Waals surface area contributed by atoms with E-state index in [-0.39, 0.29) is 37.8 Å². The Hall–Kier alpha value is -2.42. The van der Waals surface area contributed by atoms with E-state index in [2.05, 4.69) is 16.0 Å². The fourth-order valence-electron chi connectivity index (χ4n) is 5.80. The van der Waals surface area contributed by atoms with Crippen molar-refractivity contribution < 1.29 is 67.3 Å². The van der Waals surface area contributed by atoms with Gasteiger partial charge in [-0.15, -0.1) is 0 Å². The fraction of sp³-hybridized carbons (Fsp3) is 0.710.